The first kappa shape index (κ1) is 15.9. The quantitative estimate of drug-likeness (QED) is 0.839. The first-order valence-corrected chi connectivity index (χ1v) is 6.02. The molecule has 0 atom stereocenters. The van der Waals surface area contributed by atoms with Crippen molar-refractivity contribution in [2.24, 2.45) is 0 Å². The van der Waals surface area contributed by atoms with Gasteiger partial charge in [-0.15, -0.1) is 0 Å². The first-order valence-electron chi connectivity index (χ1n) is 6.02. The summed E-state index contributed by atoms with van der Waals surface area (Å²) in [5.74, 6) is -2.49. The summed E-state index contributed by atoms with van der Waals surface area (Å²) in [6.45, 7) is 4.73. The van der Waals surface area contributed by atoms with Gasteiger partial charge in [-0.25, -0.2) is 9.18 Å². The van der Waals surface area contributed by atoms with E-state index in [9.17, 15) is 14.0 Å². The van der Waals surface area contributed by atoms with Crippen molar-refractivity contribution >= 4 is 11.9 Å². The molecule has 0 saturated carbocycles. The fourth-order valence-corrected chi connectivity index (χ4v) is 1.45. The summed E-state index contributed by atoms with van der Waals surface area (Å²) < 4.78 is 23.6. The van der Waals surface area contributed by atoms with Crippen LogP contribution in [0.1, 0.15) is 26.3 Å². The molecule has 0 aliphatic rings. The molecule has 1 aromatic carbocycles. The summed E-state index contributed by atoms with van der Waals surface area (Å²) in [7, 11) is 0. The minimum atomic E-state index is -1.05. The van der Waals surface area contributed by atoms with Gasteiger partial charge in [0.15, 0.2) is 18.2 Å². The molecule has 1 N–H and O–H groups in total. The van der Waals surface area contributed by atoms with Crippen LogP contribution in [0.15, 0.2) is 18.2 Å². The molecule has 1 rings (SSSR count). The predicted octanol–water partition coefficient (Wildman–Crippen LogP) is 2.17. The average Bonchev–Trinajstić information content (AvgIpc) is 2.24. The number of halogens is 1. The van der Waals surface area contributed by atoms with E-state index in [1.54, 1.807) is 20.8 Å². The number of hydrogen-bond donors (Lipinski definition) is 1. The molecule has 0 aromatic heterocycles. The van der Waals surface area contributed by atoms with Crippen molar-refractivity contribution < 1.29 is 28.6 Å². The van der Waals surface area contributed by atoms with E-state index < -0.39 is 30.0 Å². The number of rotatable bonds is 5. The molecule has 0 saturated heterocycles. The molecule has 6 heteroatoms. The van der Waals surface area contributed by atoms with E-state index in [0.717, 1.165) is 6.07 Å². The van der Waals surface area contributed by atoms with Crippen molar-refractivity contribution in [2.75, 3.05) is 6.61 Å². The van der Waals surface area contributed by atoms with Crippen LogP contribution in [0.25, 0.3) is 0 Å². The van der Waals surface area contributed by atoms with Crippen molar-refractivity contribution in [3.05, 3.63) is 29.6 Å². The van der Waals surface area contributed by atoms with E-state index in [2.05, 4.69) is 0 Å². The van der Waals surface area contributed by atoms with Gasteiger partial charge in [0, 0.05) is 0 Å². The zero-order chi connectivity index (χ0) is 15.3. The van der Waals surface area contributed by atoms with Gasteiger partial charge >= 0.3 is 11.9 Å². The van der Waals surface area contributed by atoms with E-state index in [1.165, 1.54) is 12.1 Å². The van der Waals surface area contributed by atoms with Gasteiger partial charge in [-0.2, -0.15) is 0 Å². The van der Waals surface area contributed by atoms with Crippen molar-refractivity contribution in [2.45, 2.75) is 32.8 Å². The summed E-state index contributed by atoms with van der Waals surface area (Å²) in [5.41, 5.74) is -0.315. The van der Waals surface area contributed by atoms with Crippen molar-refractivity contribution in [3.63, 3.8) is 0 Å². The molecular weight excluding hydrogens is 267 g/mol. The number of benzene rings is 1. The molecule has 5 nitrogen and oxygen atoms in total. The minimum absolute atomic E-state index is 0.120. The highest BCUT2D eigenvalue weighted by Gasteiger charge is 2.17. The molecule has 0 spiro atoms. The van der Waals surface area contributed by atoms with E-state index in [-0.39, 0.29) is 12.2 Å². The van der Waals surface area contributed by atoms with Crippen molar-refractivity contribution in [3.8, 4) is 5.75 Å². The number of carboxylic acids is 1. The third-order valence-corrected chi connectivity index (χ3v) is 2.12. The Hall–Kier alpha value is -2.11. The Kier molecular flexibility index (Phi) is 5.07. The fraction of sp³-hybridized carbons (Fsp3) is 0.429. The third kappa shape index (κ3) is 5.69. The van der Waals surface area contributed by atoms with E-state index in [1.807, 2.05) is 0 Å². The predicted molar refractivity (Wildman–Crippen MR) is 69.1 cm³/mol. The Balaban J connectivity index is 2.61. The molecule has 110 valence electrons. The number of esters is 1. The van der Waals surface area contributed by atoms with Crippen molar-refractivity contribution in [1.82, 2.24) is 0 Å². The third-order valence-electron chi connectivity index (χ3n) is 2.12. The van der Waals surface area contributed by atoms with Gasteiger partial charge in [-0.05, 0) is 38.5 Å². The fourth-order valence-electron chi connectivity index (χ4n) is 1.45. The monoisotopic (exact) mass is 284 g/mol. The Morgan fingerprint density at radius 1 is 1.30 bits per heavy atom. The van der Waals surface area contributed by atoms with Crippen LogP contribution in [0.2, 0.25) is 0 Å². The topological polar surface area (TPSA) is 72.8 Å². The van der Waals surface area contributed by atoms with Gasteiger partial charge in [0.1, 0.15) is 5.60 Å². The van der Waals surface area contributed by atoms with Crippen LogP contribution in [-0.4, -0.2) is 29.3 Å². The van der Waals surface area contributed by atoms with Crippen molar-refractivity contribution in [1.29, 1.82) is 0 Å². The lowest BCUT2D eigenvalue weighted by atomic mass is 10.1. The Morgan fingerprint density at radius 3 is 2.45 bits per heavy atom. The van der Waals surface area contributed by atoms with Crippen LogP contribution in [0.3, 0.4) is 0 Å². The maximum Gasteiger partial charge on any atom is 0.344 e. The van der Waals surface area contributed by atoms with Crippen LogP contribution in [-0.2, 0) is 20.7 Å². The molecule has 0 aliphatic heterocycles. The number of ether oxygens (including phenoxy) is 2. The molecule has 0 unspecified atom stereocenters. The summed E-state index contributed by atoms with van der Waals surface area (Å²) in [6, 6.07) is 3.79. The highest BCUT2D eigenvalue weighted by Crippen LogP contribution is 2.19. The maximum absolute atomic E-state index is 13.6. The summed E-state index contributed by atoms with van der Waals surface area (Å²) in [5, 5.41) is 8.60. The molecule has 0 aliphatic carbocycles. The molecule has 0 radical (unpaired) electrons. The first-order chi connectivity index (χ1) is 9.17. The largest absolute Gasteiger partial charge is 0.481 e. The van der Waals surface area contributed by atoms with E-state index >= 15 is 0 Å². The zero-order valence-electron chi connectivity index (χ0n) is 11.6. The van der Waals surface area contributed by atoms with Crippen LogP contribution in [0.5, 0.6) is 5.75 Å². The van der Waals surface area contributed by atoms with Gasteiger partial charge in [-0.1, -0.05) is 6.07 Å². The number of hydrogen-bond acceptors (Lipinski definition) is 4. The van der Waals surface area contributed by atoms with Gasteiger partial charge in [0.2, 0.25) is 0 Å². The second-order valence-electron chi connectivity index (χ2n) is 5.21. The van der Waals surface area contributed by atoms with Gasteiger partial charge in [0.25, 0.3) is 0 Å². The second kappa shape index (κ2) is 6.36. The highest BCUT2D eigenvalue weighted by atomic mass is 19.1. The van der Waals surface area contributed by atoms with Crippen LogP contribution in [0, 0.1) is 5.82 Å². The number of carbonyl (C=O) groups excluding carboxylic acids is 1. The van der Waals surface area contributed by atoms with Crippen LogP contribution < -0.4 is 4.74 Å². The SMILES string of the molecule is CC(C)(C)OC(=O)COc1ccc(CC(=O)O)cc1F. The van der Waals surface area contributed by atoms with Gasteiger partial charge in [0.05, 0.1) is 6.42 Å². The number of carboxylic acid groups (broad SMARTS) is 1. The smallest absolute Gasteiger partial charge is 0.344 e. The maximum atomic E-state index is 13.6. The van der Waals surface area contributed by atoms with Crippen LogP contribution >= 0.6 is 0 Å². The normalized spacial score (nSPS) is 11.0. The minimum Gasteiger partial charge on any atom is -0.481 e. The Bertz CT molecular complexity index is 505. The number of carbonyl (C=O) groups is 2. The van der Waals surface area contributed by atoms with Crippen LogP contribution in [0.4, 0.5) is 4.39 Å². The number of aliphatic carboxylic acids is 1. The van der Waals surface area contributed by atoms with E-state index in [4.69, 9.17) is 14.6 Å². The molecular formula is C14H17FO5. The average molecular weight is 284 g/mol. The Morgan fingerprint density at radius 2 is 1.95 bits per heavy atom. The molecule has 0 amide bonds. The lowest BCUT2D eigenvalue weighted by molar-refractivity contribution is -0.157. The molecule has 20 heavy (non-hydrogen) atoms. The Labute approximate surface area is 116 Å². The van der Waals surface area contributed by atoms with E-state index in [0.29, 0.717) is 5.56 Å². The highest BCUT2D eigenvalue weighted by molar-refractivity contribution is 5.71. The molecule has 0 bridgehead atoms. The zero-order valence-corrected chi connectivity index (χ0v) is 11.6. The summed E-state index contributed by atoms with van der Waals surface area (Å²) in [4.78, 5) is 21.9. The molecule has 0 heterocycles. The summed E-state index contributed by atoms with van der Waals surface area (Å²) >= 11 is 0. The standard InChI is InChI=1S/C14H17FO5/c1-14(2,3)20-13(18)8-19-11-5-4-9(6-10(11)15)7-12(16)17/h4-6H,7-8H2,1-3H3,(H,16,17). The summed E-state index contributed by atoms with van der Waals surface area (Å²) in [6.07, 6.45) is -0.275. The molecule has 0 fully saturated rings. The molecule has 1 aromatic rings. The van der Waals surface area contributed by atoms with Gasteiger partial charge in [-0.3, -0.25) is 4.79 Å². The second-order valence-corrected chi connectivity index (χ2v) is 5.21. The lowest BCUT2D eigenvalue weighted by Crippen LogP contribution is -2.27. The lowest BCUT2D eigenvalue weighted by Gasteiger charge is -2.19. The van der Waals surface area contributed by atoms with Gasteiger partial charge < -0.3 is 14.6 Å².